The van der Waals surface area contributed by atoms with E-state index in [2.05, 4.69) is 0 Å². The number of hydrogen-bond acceptors (Lipinski definition) is 6. The number of likely N-dealkylation sites (tertiary alicyclic amines) is 1. The standard InChI is InChI=1S/C22H32N2O6S.2Co/c1-21(2,3)31(27,28)24(13-9-14-25)22(12-8-15-29-4)17-23(18-22)20(26)30-16-19-10-6-5-7-11-19;;/h5-7,10-11,25H,9,13-18H2,1-4H3;;. The molecule has 190 valence electrons. The van der Waals surface area contributed by atoms with Gasteiger partial charge >= 0.3 is 203 Å². The summed E-state index contributed by atoms with van der Waals surface area (Å²) in [5, 5.41) is 9.51. The molecule has 33 heavy (non-hydrogen) atoms. The molecular weight excluding hydrogens is 538 g/mol. The van der Waals surface area contributed by atoms with Gasteiger partial charge in [-0.15, -0.1) is 0 Å². The van der Waals surface area contributed by atoms with Crippen molar-refractivity contribution in [2.24, 2.45) is 0 Å². The van der Waals surface area contributed by atoms with Gasteiger partial charge in [0.25, 0.3) is 0 Å². The Morgan fingerprint density at radius 1 is 1.21 bits per heavy atom. The van der Waals surface area contributed by atoms with E-state index in [0.29, 0.717) is 26.1 Å². The molecular formula is C22H32Co2N2O6S. The maximum absolute atomic E-state index is 13.7. The summed E-state index contributed by atoms with van der Waals surface area (Å²) in [5.74, 6) is 0. The number of carbonyl (C=O) groups excluding carboxylic acids is 1. The fourth-order valence-corrected chi connectivity index (χ4v) is 21.6. The zero-order chi connectivity index (χ0) is 23.9. The van der Waals surface area contributed by atoms with Crippen LogP contribution in [0.25, 0.3) is 0 Å². The molecule has 0 aromatic heterocycles. The number of sulfonamides is 1. The Kier molecular flexibility index (Phi) is 5.58. The molecule has 11 heteroatoms. The van der Waals surface area contributed by atoms with E-state index in [9.17, 15) is 18.3 Å². The maximum atomic E-state index is 13.7. The SMILES string of the molecule is COC[C]12[Co]3[Co]1[C]32C1(N(CCCO)S(=O)(=O)C(C)(C)C)CN(C(=O)OCc2ccccc2)C1. The Morgan fingerprint density at radius 2 is 1.85 bits per heavy atom. The van der Waals surface area contributed by atoms with Gasteiger partial charge in [0.05, 0.1) is 0 Å². The van der Waals surface area contributed by atoms with E-state index >= 15 is 0 Å². The molecule has 1 N–H and O–H groups in total. The van der Waals surface area contributed by atoms with Crippen molar-refractivity contribution in [3.63, 3.8) is 0 Å². The van der Waals surface area contributed by atoms with Gasteiger partial charge in [-0.3, -0.25) is 0 Å². The van der Waals surface area contributed by atoms with Crippen LogP contribution < -0.4 is 0 Å². The van der Waals surface area contributed by atoms with Crippen LogP contribution in [0, 0.1) is 0 Å². The molecule has 0 radical (unpaired) electrons. The number of rotatable bonds is 10. The van der Waals surface area contributed by atoms with Gasteiger partial charge in [0.15, 0.2) is 0 Å². The first-order chi connectivity index (χ1) is 15.6. The monoisotopic (exact) mass is 570 g/mol. The summed E-state index contributed by atoms with van der Waals surface area (Å²) in [6, 6.07) is 9.52. The topological polar surface area (TPSA) is 96.4 Å². The van der Waals surface area contributed by atoms with Crippen LogP contribution >= 0.6 is 0 Å². The van der Waals surface area contributed by atoms with Gasteiger partial charge in [-0.05, 0) is 0 Å². The number of aliphatic hydroxyl groups is 1. The van der Waals surface area contributed by atoms with Crippen LogP contribution in [0.2, 0.25) is 6.57 Å². The summed E-state index contributed by atoms with van der Waals surface area (Å²) in [7, 11) is -1.95. The zero-order valence-corrected chi connectivity index (χ0v) is 22.2. The minimum absolute atomic E-state index is 0.0278. The van der Waals surface area contributed by atoms with E-state index in [1.807, 2.05) is 30.3 Å². The number of ether oxygens (including phenoxy) is 2. The first-order valence-corrected chi connectivity index (χ1v) is 16.2. The quantitative estimate of drug-likeness (QED) is 0.464. The minimum atomic E-state index is -3.66. The molecule has 1 aromatic rings. The van der Waals surface area contributed by atoms with Gasteiger partial charge in [0.1, 0.15) is 0 Å². The van der Waals surface area contributed by atoms with Crippen LogP contribution in [0.4, 0.5) is 4.79 Å². The normalized spacial score (nSPS) is 30.5. The third-order valence-corrected chi connectivity index (χ3v) is 21.5. The predicted octanol–water partition coefficient (Wildman–Crippen LogP) is 2.26. The van der Waals surface area contributed by atoms with Crippen LogP contribution in [0.1, 0.15) is 32.8 Å². The Bertz CT molecular complexity index is 1040. The number of methoxy groups -OCH3 is 1. The molecule has 0 saturated carbocycles. The van der Waals surface area contributed by atoms with Gasteiger partial charge in [-0.2, -0.15) is 0 Å². The molecule has 8 nitrogen and oxygen atoms in total. The van der Waals surface area contributed by atoms with Crippen molar-refractivity contribution in [1.82, 2.24) is 9.21 Å². The predicted molar refractivity (Wildman–Crippen MR) is 115 cm³/mol. The van der Waals surface area contributed by atoms with Gasteiger partial charge in [-0.1, -0.05) is 0 Å². The van der Waals surface area contributed by atoms with Crippen molar-refractivity contribution in [2.45, 2.75) is 50.7 Å². The van der Waals surface area contributed by atoms with Crippen LogP contribution in [0.3, 0.4) is 0 Å². The molecule has 5 aliphatic rings. The molecule has 5 heterocycles. The second kappa shape index (κ2) is 7.66. The summed E-state index contributed by atoms with van der Waals surface area (Å²) in [4.78, 5) is 14.5. The van der Waals surface area contributed by atoms with Gasteiger partial charge < -0.3 is 0 Å². The molecule has 1 amide bonds. The van der Waals surface area contributed by atoms with Crippen molar-refractivity contribution in [3.05, 3.63) is 35.9 Å². The molecule has 0 spiro atoms. The zero-order valence-electron chi connectivity index (χ0n) is 19.3. The molecule has 5 fully saturated rings. The fraction of sp³-hybridized carbons (Fsp3) is 0.682. The van der Waals surface area contributed by atoms with E-state index in [-0.39, 0.29) is 50.1 Å². The van der Waals surface area contributed by atoms with E-state index in [1.54, 1.807) is 37.1 Å². The number of aliphatic hydroxyl groups excluding tert-OH is 1. The number of nitrogens with zero attached hydrogens (tertiary/aromatic N) is 2. The molecule has 5 saturated heterocycles. The van der Waals surface area contributed by atoms with Crippen LogP contribution in [0.5, 0.6) is 0 Å². The van der Waals surface area contributed by atoms with Crippen LogP contribution in [0.15, 0.2) is 30.3 Å². The third-order valence-electron chi connectivity index (χ3n) is 6.52. The Hall–Kier alpha value is -0.667. The van der Waals surface area contributed by atoms with E-state index in [4.69, 9.17) is 9.47 Å². The average molecular weight is 570 g/mol. The average Bonchev–Trinajstić information content (AvgIpc) is 3.64. The van der Waals surface area contributed by atoms with Gasteiger partial charge in [0.2, 0.25) is 0 Å². The fourth-order valence-electron chi connectivity index (χ4n) is 4.65. The van der Waals surface area contributed by atoms with E-state index < -0.39 is 26.4 Å². The van der Waals surface area contributed by atoms with Crippen molar-refractivity contribution in [3.8, 4) is 0 Å². The first-order valence-electron chi connectivity index (χ1n) is 10.9. The Balaban J connectivity index is 1.38. The molecule has 0 bridgehead atoms. The van der Waals surface area contributed by atoms with E-state index in [0.717, 1.165) is 5.56 Å². The van der Waals surface area contributed by atoms with Crippen molar-refractivity contribution >= 4 is 16.1 Å². The second-order valence-electron chi connectivity index (χ2n) is 9.67. The third kappa shape index (κ3) is 3.09. The van der Waals surface area contributed by atoms with Crippen LogP contribution in [-0.4, -0.2) is 79.1 Å². The van der Waals surface area contributed by atoms with Crippen molar-refractivity contribution in [2.75, 3.05) is 40.0 Å². The Morgan fingerprint density at radius 3 is 2.39 bits per heavy atom. The number of amides is 1. The Labute approximate surface area is 202 Å². The van der Waals surface area contributed by atoms with Gasteiger partial charge in [0, 0.05) is 0 Å². The molecule has 0 unspecified atom stereocenters. The molecule has 0 atom stereocenters. The first kappa shape index (κ1) is 24.0. The summed E-state index contributed by atoms with van der Waals surface area (Å²) in [6.45, 7) is 6.92. The summed E-state index contributed by atoms with van der Waals surface area (Å²) < 4.78 is 39.5. The van der Waals surface area contributed by atoms with E-state index in [1.165, 1.54) is 0 Å². The molecule has 5 aliphatic heterocycles. The summed E-state index contributed by atoms with van der Waals surface area (Å²) >= 11 is -0.270. The number of carbonyl (C=O) groups is 1. The van der Waals surface area contributed by atoms with Crippen molar-refractivity contribution < 1.29 is 51.6 Å². The number of benzene rings is 1. The van der Waals surface area contributed by atoms with Gasteiger partial charge in [-0.25, -0.2) is 0 Å². The van der Waals surface area contributed by atoms with Crippen molar-refractivity contribution in [1.29, 1.82) is 0 Å². The molecule has 0 aliphatic carbocycles. The second-order valence-corrected chi connectivity index (χ2v) is 20.4. The number of hydrogen-bond donors (Lipinski definition) is 1. The molecule has 1 aromatic carbocycles. The summed E-state index contributed by atoms with van der Waals surface area (Å²) in [6.07, 6.45) is -0.0344. The molecule has 6 rings (SSSR count). The van der Waals surface area contributed by atoms with Crippen LogP contribution in [-0.2, 0) is 49.9 Å². The summed E-state index contributed by atoms with van der Waals surface area (Å²) in [5.41, 5.74) is 0.309.